The minimum Gasteiger partial charge on any atom is -0.331 e. The number of halogens is 1. The van der Waals surface area contributed by atoms with Crippen molar-refractivity contribution in [2.24, 2.45) is 0 Å². The first-order valence-corrected chi connectivity index (χ1v) is 8.84. The van der Waals surface area contributed by atoms with Crippen LogP contribution in [0, 0.1) is 0 Å². The number of hydrogen-bond acceptors (Lipinski definition) is 2. The number of benzene rings is 2. The Bertz CT molecular complexity index is 699. The van der Waals surface area contributed by atoms with Crippen LogP contribution in [-0.4, -0.2) is 11.0 Å². The predicted molar refractivity (Wildman–Crippen MR) is 106 cm³/mol. The summed E-state index contributed by atoms with van der Waals surface area (Å²) < 4.78 is 0.985. The lowest BCUT2D eigenvalue weighted by Crippen LogP contribution is -2.44. The fourth-order valence-electron chi connectivity index (χ4n) is 2.07. The normalized spacial score (nSPS) is 10.3. The molecular weight excluding hydrogens is 386 g/mol. The topological polar surface area (TPSA) is 53.2 Å². The highest BCUT2D eigenvalue weighted by molar-refractivity contribution is 9.10. The van der Waals surface area contributed by atoms with E-state index in [2.05, 4.69) is 58.1 Å². The fraction of sp³-hybridized carbons (Fsp3) is 0.222. The zero-order chi connectivity index (χ0) is 17.5. The SMILES string of the molecule is CC(C)c1ccc(NC(=S)NNC(=O)Cc2ccc(Br)cc2)cc1. The van der Waals surface area contributed by atoms with Gasteiger partial charge < -0.3 is 5.32 Å². The van der Waals surface area contributed by atoms with Crippen LogP contribution in [0.5, 0.6) is 0 Å². The van der Waals surface area contributed by atoms with Crippen LogP contribution in [0.3, 0.4) is 0 Å². The molecule has 0 aliphatic carbocycles. The molecule has 6 heteroatoms. The quantitative estimate of drug-likeness (QED) is 0.528. The van der Waals surface area contributed by atoms with E-state index in [1.165, 1.54) is 5.56 Å². The molecule has 0 atom stereocenters. The number of thiocarbonyl (C=S) groups is 1. The second-order valence-corrected chi connectivity index (χ2v) is 7.03. The van der Waals surface area contributed by atoms with E-state index in [1.807, 2.05) is 36.4 Å². The summed E-state index contributed by atoms with van der Waals surface area (Å²) in [6.07, 6.45) is 0.284. The molecular formula is C18H20BrN3OS. The van der Waals surface area contributed by atoms with Crippen molar-refractivity contribution < 1.29 is 4.79 Å². The maximum absolute atomic E-state index is 11.9. The maximum atomic E-state index is 11.9. The van der Waals surface area contributed by atoms with Crippen molar-refractivity contribution in [3.63, 3.8) is 0 Å². The summed E-state index contributed by atoms with van der Waals surface area (Å²) in [6, 6.07) is 15.7. The number of carbonyl (C=O) groups is 1. The number of anilines is 1. The van der Waals surface area contributed by atoms with Crippen LogP contribution in [0.4, 0.5) is 5.69 Å². The third-order valence-electron chi connectivity index (χ3n) is 3.43. The van der Waals surface area contributed by atoms with Gasteiger partial charge in [0.15, 0.2) is 5.11 Å². The van der Waals surface area contributed by atoms with E-state index in [-0.39, 0.29) is 12.3 Å². The van der Waals surface area contributed by atoms with Crippen molar-refractivity contribution in [2.75, 3.05) is 5.32 Å². The van der Waals surface area contributed by atoms with Gasteiger partial charge in [-0.15, -0.1) is 0 Å². The summed E-state index contributed by atoms with van der Waals surface area (Å²) in [4.78, 5) is 11.9. The highest BCUT2D eigenvalue weighted by Crippen LogP contribution is 2.17. The number of rotatable bonds is 4. The van der Waals surface area contributed by atoms with Gasteiger partial charge in [0.1, 0.15) is 0 Å². The number of hydrogen-bond donors (Lipinski definition) is 3. The van der Waals surface area contributed by atoms with Crippen LogP contribution in [-0.2, 0) is 11.2 Å². The largest absolute Gasteiger partial charge is 0.331 e. The van der Waals surface area contributed by atoms with E-state index >= 15 is 0 Å². The van der Waals surface area contributed by atoms with E-state index in [9.17, 15) is 4.79 Å². The molecule has 0 spiro atoms. The van der Waals surface area contributed by atoms with Gasteiger partial charge in [-0.05, 0) is 53.5 Å². The summed E-state index contributed by atoms with van der Waals surface area (Å²) in [5.41, 5.74) is 8.37. The van der Waals surface area contributed by atoms with E-state index in [4.69, 9.17) is 12.2 Å². The minimum atomic E-state index is -0.156. The molecule has 2 aromatic rings. The Morgan fingerprint density at radius 2 is 1.67 bits per heavy atom. The van der Waals surface area contributed by atoms with Gasteiger partial charge in [-0.1, -0.05) is 54.0 Å². The lowest BCUT2D eigenvalue weighted by Gasteiger charge is -2.12. The average molecular weight is 406 g/mol. The van der Waals surface area contributed by atoms with Crippen molar-refractivity contribution in [3.05, 3.63) is 64.1 Å². The Balaban J connectivity index is 1.77. The number of amides is 1. The van der Waals surface area contributed by atoms with Crippen LogP contribution in [0.2, 0.25) is 0 Å². The summed E-state index contributed by atoms with van der Waals surface area (Å²) in [5, 5.41) is 3.38. The second-order valence-electron chi connectivity index (χ2n) is 5.71. The molecule has 0 aromatic heterocycles. The van der Waals surface area contributed by atoms with Gasteiger partial charge in [0.05, 0.1) is 6.42 Å². The van der Waals surface area contributed by atoms with Gasteiger partial charge >= 0.3 is 0 Å². The van der Waals surface area contributed by atoms with Crippen LogP contribution in [0.1, 0.15) is 30.9 Å². The first kappa shape index (κ1) is 18.4. The van der Waals surface area contributed by atoms with Crippen molar-refractivity contribution in [1.82, 2.24) is 10.9 Å². The molecule has 0 fully saturated rings. The Morgan fingerprint density at radius 1 is 1.04 bits per heavy atom. The fourth-order valence-corrected chi connectivity index (χ4v) is 2.51. The van der Waals surface area contributed by atoms with Gasteiger partial charge in [0.25, 0.3) is 0 Å². The molecule has 1 amide bonds. The molecule has 0 heterocycles. The van der Waals surface area contributed by atoms with Gasteiger partial charge in [-0.25, -0.2) is 0 Å². The van der Waals surface area contributed by atoms with Crippen LogP contribution >= 0.6 is 28.1 Å². The van der Waals surface area contributed by atoms with Gasteiger partial charge in [0, 0.05) is 10.2 Å². The molecule has 3 N–H and O–H groups in total. The first-order chi connectivity index (χ1) is 11.4. The molecule has 0 saturated carbocycles. The molecule has 126 valence electrons. The highest BCUT2D eigenvalue weighted by Gasteiger charge is 2.05. The Kier molecular flexibility index (Phi) is 6.75. The van der Waals surface area contributed by atoms with E-state index in [0.717, 1.165) is 15.7 Å². The molecule has 2 aromatic carbocycles. The van der Waals surface area contributed by atoms with Crippen molar-refractivity contribution >= 4 is 44.9 Å². The van der Waals surface area contributed by atoms with Gasteiger partial charge in [0.2, 0.25) is 5.91 Å². The third kappa shape index (κ3) is 5.94. The highest BCUT2D eigenvalue weighted by atomic mass is 79.9. The van der Waals surface area contributed by atoms with Crippen LogP contribution in [0.15, 0.2) is 53.0 Å². The standard InChI is InChI=1S/C18H20BrN3OS/c1-12(2)14-5-9-16(10-6-14)20-18(24)22-21-17(23)11-13-3-7-15(19)8-4-13/h3-10,12H,11H2,1-2H3,(H,21,23)(H2,20,22,24). The van der Waals surface area contributed by atoms with Crippen molar-refractivity contribution in [3.8, 4) is 0 Å². The maximum Gasteiger partial charge on any atom is 0.242 e. The van der Waals surface area contributed by atoms with Crippen molar-refractivity contribution in [2.45, 2.75) is 26.2 Å². The van der Waals surface area contributed by atoms with E-state index in [1.54, 1.807) is 0 Å². The molecule has 0 unspecified atom stereocenters. The Morgan fingerprint density at radius 3 is 2.25 bits per heavy atom. The smallest absolute Gasteiger partial charge is 0.242 e. The zero-order valence-electron chi connectivity index (χ0n) is 13.6. The number of hydrazine groups is 1. The van der Waals surface area contributed by atoms with E-state index < -0.39 is 0 Å². The molecule has 0 radical (unpaired) electrons. The lowest BCUT2D eigenvalue weighted by molar-refractivity contribution is -0.120. The summed E-state index contributed by atoms with van der Waals surface area (Å²) >= 11 is 8.54. The van der Waals surface area contributed by atoms with Crippen LogP contribution in [0.25, 0.3) is 0 Å². The minimum absolute atomic E-state index is 0.156. The Labute approximate surface area is 156 Å². The molecule has 4 nitrogen and oxygen atoms in total. The third-order valence-corrected chi connectivity index (χ3v) is 4.16. The van der Waals surface area contributed by atoms with Gasteiger partial charge in [-0.2, -0.15) is 0 Å². The molecule has 0 saturated heterocycles. The summed E-state index contributed by atoms with van der Waals surface area (Å²) in [7, 11) is 0. The van der Waals surface area contributed by atoms with Gasteiger partial charge in [-0.3, -0.25) is 15.6 Å². The summed E-state index contributed by atoms with van der Waals surface area (Å²) in [6.45, 7) is 4.30. The van der Waals surface area contributed by atoms with Crippen molar-refractivity contribution in [1.29, 1.82) is 0 Å². The second kappa shape index (κ2) is 8.80. The number of carbonyl (C=O) groups excluding carboxylic acids is 1. The monoisotopic (exact) mass is 405 g/mol. The molecule has 24 heavy (non-hydrogen) atoms. The molecule has 2 rings (SSSR count). The zero-order valence-corrected chi connectivity index (χ0v) is 16.0. The molecule has 0 aliphatic rings. The average Bonchev–Trinajstić information content (AvgIpc) is 2.55. The summed E-state index contributed by atoms with van der Waals surface area (Å²) in [5.74, 6) is 0.332. The number of nitrogens with one attached hydrogen (secondary N) is 3. The molecule has 0 bridgehead atoms. The van der Waals surface area contributed by atoms with E-state index in [0.29, 0.717) is 11.0 Å². The Hall–Kier alpha value is -1.92. The first-order valence-electron chi connectivity index (χ1n) is 7.64. The lowest BCUT2D eigenvalue weighted by atomic mass is 10.0. The molecule has 0 aliphatic heterocycles. The van der Waals surface area contributed by atoms with Crippen LogP contribution < -0.4 is 16.2 Å². The predicted octanol–water partition coefficient (Wildman–Crippen LogP) is 4.13.